The number of halogens is 3. The van der Waals surface area contributed by atoms with E-state index in [1.807, 2.05) is 14.1 Å². The number of benzene rings is 2. The van der Waals surface area contributed by atoms with E-state index in [1.54, 1.807) is 41.6 Å². The summed E-state index contributed by atoms with van der Waals surface area (Å²) in [6.07, 6.45) is -1.58. The molecule has 0 aliphatic carbocycles. The number of aryl methyl sites for hydroxylation is 1. The van der Waals surface area contributed by atoms with Gasteiger partial charge in [0.15, 0.2) is 5.82 Å². The molecule has 8 nitrogen and oxygen atoms in total. The number of aromatic nitrogens is 2. The lowest BCUT2D eigenvalue weighted by molar-refractivity contribution is -0.138. The zero-order valence-electron chi connectivity index (χ0n) is 18.0. The van der Waals surface area contributed by atoms with Crippen molar-refractivity contribution in [2.75, 3.05) is 24.7 Å². The molecule has 0 saturated carbocycles. The highest BCUT2D eigenvalue weighted by atomic mass is 19.4. The van der Waals surface area contributed by atoms with Crippen LogP contribution in [0.5, 0.6) is 11.6 Å². The van der Waals surface area contributed by atoms with E-state index in [4.69, 9.17) is 4.74 Å². The Hall–Kier alpha value is -4.15. The lowest BCUT2D eigenvalue weighted by Gasteiger charge is -2.13. The molecule has 2 aromatic carbocycles. The number of carbonyl (C=O) groups excluding carboxylic acids is 1. The summed E-state index contributed by atoms with van der Waals surface area (Å²) in [5, 5.41) is 4.95. The Kier molecular flexibility index (Phi) is 7.11. The van der Waals surface area contributed by atoms with Crippen LogP contribution in [0.2, 0.25) is 0 Å². The van der Waals surface area contributed by atoms with Crippen molar-refractivity contribution < 1.29 is 22.7 Å². The predicted molar refractivity (Wildman–Crippen MR) is 119 cm³/mol. The molecule has 2 amide bonds. The minimum atomic E-state index is -4.50. The van der Waals surface area contributed by atoms with Gasteiger partial charge in [0, 0.05) is 31.5 Å². The third-order valence-corrected chi connectivity index (χ3v) is 4.18. The SMILES string of the molecule is Cc1ccc(NC(=O)Nc2ccc(Oc3cc(/N=C/N(C)C)ncn3)cc2)cc1C(F)(F)F. The highest BCUT2D eigenvalue weighted by Gasteiger charge is 2.32. The van der Waals surface area contributed by atoms with Gasteiger partial charge in [0.25, 0.3) is 0 Å². The Bertz CT molecular complexity index is 1150. The standard InChI is InChI=1S/C22H21F3N6O2/c1-14-4-5-16(10-18(14)22(23,24)25)30-21(32)29-15-6-8-17(9-7-15)33-20-11-19(26-12-27-20)28-13-31(2)3/h4-13H,1-3H3,(H2,29,30,32)/b28-13+. The van der Waals surface area contributed by atoms with Crippen LogP contribution in [0.1, 0.15) is 11.1 Å². The minimum Gasteiger partial charge on any atom is -0.439 e. The van der Waals surface area contributed by atoms with Crippen molar-refractivity contribution in [3.8, 4) is 11.6 Å². The molecular formula is C22H21F3N6O2. The highest BCUT2D eigenvalue weighted by molar-refractivity contribution is 5.99. The number of alkyl halides is 3. The molecule has 172 valence electrons. The van der Waals surface area contributed by atoms with Gasteiger partial charge in [0.2, 0.25) is 5.88 Å². The number of nitrogens with one attached hydrogen (secondary N) is 2. The van der Waals surface area contributed by atoms with Crippen molar-refractivity contribution in [2.24, 2.45) is 4.99 Å². The number of urea groups is 1. The van der Waals surface area contributed by atoms with Crippen LogP contribution in [-0.4, -0.2) is 41.3 Å². The number of hydrogen-bond donors (Lipinski definition) is 2. The number of hydrogen-bond acceptors (Lipinski definition) is 5. The zero-order valence-corrected chi connectivity index (χ0v) is 18.0. The lowest BCUT2D eigenvalue weighted by atomic mass is 10.1. The summed E-state index contributed by atoms with van der Waals surface area (Å²) in [6.45, 7) is 1.36. The van der Waals surface area contributed by atoms with Crippen LogP contribution in [-0.2, 0) is 6.18 Å². The first-order valence-electron chi connectivity index (χ1n) is 9.66. The normalized spacial score (nSPS) is 11.3. The van der Waals surface area contributed by atoms with Crippen LogP contribution in [0.15, 0.2) is 59.9 Å². The number of aliphatic imine (C=N–C) groups is 1. The molecule has 0 unspecified atom stereocenters. The number of amides is 2. The molecule has 0 fully saturated rings. The smallest absolute Gasteiger partial charge is 0.416 e. The summed E-state index contributed by atoms with van der Waals surface area (Å²) in [5.41, 5.74) is -0.282. The van der Waals surface area contributed by atoms with Gasteiger partial charge in [-0.2, -0.15) is 13.2 Å². The van der Waals surface area contributed by atoms with Crippen molar-refractivity contribution >= 4 is 29.6 Å². The Labute approximate surface area is 188 Å². The average Bonchev–Trinajstić information content (AvgIpc) is 2.74. The average molecular weight is 458 g/mol. The summed E-state index contributed by atoms with van der Waals surface area (Å²) in [5.74, 6) is 1.16. The molecule has 11 heteroatoms. The molecule has 0 bridgehead atoms. The predicted octanol–water partition coefficient (Wildman–Crippen LogP) is 5.46. The van der Waals surface area contributed by atoms with E-state index in [0.717, 1.165) is 6.07 Å². The maximum absolute atomic E-state index is 13.0. The molecular weight excluding hydrogens is 437 g/mol. The molecule has 0 spiro atoms. The number of rotatable bonds is 6. The van der Waals surface area contributed by atoms with Crippen LogP contribution in [0, 0.1) is 6.92 Å². The minimum absolute atomic E-state index is 0.0295. The molecule has 2 N–H and O–H groups in total. The van der Waals surface area contributed by atoms with Crippen molar-refractivity contribution in [3.05, 3.63) is 66.0 Å². The molecule has 0 saturated heterocycles. The van der Waals surface area contributed by atoms with Gasteiger partial charge in [-0.25, -0.2) is 19.8 Å². The Balaban J connectivity index is 1.61. The molecule has 1 aromatic heterocycles. The van der Waals surface area contributed by atoms with E-state index in [-0.39, 0.29) is 17.1 Å². The van der Waals surface area contributed by atoms with Crippen LogP contribution in [0.4, 0.5) is 35.2 Å². The maximum Gasteiger partial charge on any atom is 0.416 e. The fourth-order valence-electron chi connectivity index (χ4n) is 2.66. The fraction of sp³-hybridized carbons (Fsp3) is 0.182. The third kappa shape index (κ3) is 6.92. The quantitative estimate of drug-likeness (QED) is 0.378. The Morgan fingerprint density at radius 3 is 2.36 bits per heavy atom. The first-order chi connectivity index (χ1) is 15.6. The fourth-order valence-corrected chi connectivity index (χ4v) is 2.66. The van der Waals surface area contributed by atoms with Crippen molar-refractivity contribution in [1.82, 2.24) is 14.9 Å². The molecule has 0 radical (unpaired) electrons. The van der Waals surface area contributed by atoms with E-state index in [9.17, 15) is 18.0 Å². The topological polar surface area (TPSA) is 91.7 Å². The summed E-state index contributed by atoms with van der Waals surface area (Å²) in [4.78, 5) is 26.2. The van der Waals surface area contributed by atoms with E-state index < -0.39 is 17.8 Å². The van der Waals surface area contributed by atoms with Crippen molar-refractivity contribution in [1.29, 1.82) is 0 Å². The van der Waals surface area contributed by atoms with Gasteiger partial charge in [-0.05, 0) is 48.9 Å². The first kappa shape index (κ1) is 23.5. The monoisotopic (exact) mass is 458 g/mol. The van der Waals surface area contributed by atoms with E-state index in [1.165, 1.54) is 25.4 Å². The summed E-state index contributed by atoms with van der Waals surface area (Å²) >= 11 is 0. The summed E-state index contributed by atoms with van der Waals surface area (Å²) in [7, 11) is 3.66. The van der Waals surface area contributed by atoms with Gasteiger partial charge < -0.3 is 20.3 Å². The molecule has 0 aliphatic heterocycles. The first-order valence-corrected chi connectivity index (χ1v) is 9.66. The Morgan fingerprint density at radius 2 is 1.70 bits per heavy atom. The molecule has 3 aromatic rings. The van der Waals surface area contributed by atoms with Gasteiger partial charge in [-0.15, -0.1) is 0 Å². The van der Waals surface area contributed by atoms with E-state index in [0.29, 0.717) is 17.3 Å². The molecule has 3 rings (SSSR count). The molecule has 0 atom stereocenters. The van der Waals surface area contributed by atoms with Crippen LogP contribution in [0.3, 0.4) is 0 Å². The van der Waals surface area contributed by atoms with Gasteiger partial charge in [0.1, 0.15) is 12.1 Å². The third-order valence-electron chi connectivity index (χ3n) is 4.18. The van der Waals surface area contributed by atoms with E-state index >= 15 is 0 Å². The summed E-state index contributed by atoms with van der Waals surface area (Å²) < 4.78 is 44.8. The van der Waals surface area contributed by atoms with E-state index in [2.05, 4.69) is 25.6 Å². The number of ether oxygens (including phenoxy) is 1. The van der Waals surface area contributed by atoms with Gasteiger partial charge in [-0.1, -0.05) is 6.07 Å². The van der Waals surface area contributed by atoms with Gasteiger partial charge in [-0.3, -0.25) is 0 Å². The summed E-state index contributed by atoms with van der Waals surface area (Å²) in [6, 6.07) is 10.9. The maximum atomic E-state index is 13.0. The second-order valence-electron chi connectivity index (χ2n) is 7.16. The van der Waals surface area contributed by atoms with Gasteiger partial charge in [0.05, 0.1) is 11.9 Å². The molecule has 0 aliphatic rings. The lowest BCUT2D eigenvalue weighted by Crippen LogP contribution is -2.20. The van der Waals surface area contributed by atoms with Crippen LogP contribution >= 0.6 is 0 Å². The number of nitrogens with zero attached hydrogens (tertiary/aromatic N) is 4. The van der Waals surface area contributed by atoms with Gasteiger partial charge >= 0.3 is 12.2 Å². The molecule has 33 heavy (non-hydrogen) atoms. The van der Waals surface area contributed by atoms with Crippen molar-refractivity contribution in [3.63, 3.8) is 0 Å². The second kappa shape index (κ2) is 9.98. The second-order valence-corrected chi connectivity index (χ2v) is 7.16. The largest absolute Gasteiger partial charge is 0.439 e. The van der Waals surface area contributed by atoms with Crippen LogP contribution < -0.4 is 15.4 Å². The zero-order chi connectivity index (χ0) is 24.0. The number of carbonyl (C=O) groups is 1. The Morgan fingerprint density at radius 1 is 1.03 bits per heavy atom. The highest BCUT2D eigenvalue weighted by Crippen LogP contribution is 2.33. The van der Waals surface area contributed by atoms with Crippen LogP contribution in [0.25, 0.3) is 0 Å². The number of anilines is 2. The molecule has 1 heterocycles. The van der Waals surface area contributed by atoms with Crippen molar-refractivity contribution in [2.45, 2.75) is 13.1 Å².